The molecule has 1 aromatic carbocycles. The summed E-state index contributed by atoms with van der Waals surface area (Å²) < 4.78 is 0. The Morgan fingerprint density at radius 3 is 2.52 bits per heavy atom. The van der Waals surface area contributed by atoms with Gasteiger partial charge in [0.2, 0.25) is 5.91 Å². The number of rotatable bonds is 4. The van der Waals surface area contributed by atoms with E-state index in [0.29, 0.717) is 10.6 Å². The van der Waals surface area contributed by atoms with Crippen LogP contribution in [-0.2, 0) is 15.1 Å². The van der Waals surface area contributed by atoms with Crippen LogP contribution in [0.25, 0.3) is 0 Å². The minimum Gasteiger partial charge on any atom is -0.336 e. The highest BCUT2D eigenvalue weighted by Crippen LogP contribution is 2.33. The smallest absolute Gasteiger partial charge is 0.325 e. The maximum absolute atomic E-state index is 12.7. The number of hydrogen-bond acceptors (Lipinski definition) is 4. The van der Waals surface area contributed by atoms with Crippen molar-refractivity contribution in [3.05, 3.63) is 34.9 Å². The predicted molar refractivity (Wildman–Crippen MR) is 90.9 cm³/mol. The minimum atomic E-state index is -1.38. The summed E-state index contributed by atoms with van der Waals surface area (Å²) in [5.41, 5.74) is -0.953. The standard InChI is InChI=1S/C16H19ClN4O4/c1-9(2)18-14(24)19-12(22)8-21-13(23)16(3,20-15(21)25)10-6-4-5-7-11(10)17/h4-7,9H,8H2,1-3H3,(H,20,25)(H2,18,19,22,24)/t16-/m0/s1. The summed E-state index contributed by atoms with van der Waals surface area (Å²) in [7, 11) is 0. The first-order valence-electron chi connectivity index (χ1n) is 7.64. The van der Waals surface area contributed by atoms with E-state index >= 15 is 0 Å². The van der Waals surface area contributed by atoms with Gasteiger partial charge in [-0.15, -0.1) is 0 Å². The monoisotopic (exact) mass is 366 g/mol. The first-order valence-corrected chi connectivity index (χ1v) is 8.02. The van der Waals surface area contributed by atoms with Crippen molar-refractivity contribution in [2.45, 2.75) is 32.4 Å². The normalized spacial score (nSPS) is 19.8. The molecule has 134 valence electrons. The molecule has 1 aliphatic rings. The number of nitrogens with zero attached hydrogens (tertiary/aromatic N) is 1. The maximum Gasteiger partial charge on any atom is 0.325 e. The first-order chi connectivity index (χ1) is 11.6. The zero-order valence-electron chi connectivity index (χ0n) is 14.1. The summed E-state index contributed by atoms with van der Waals surface area (Å²) >= 11 is 6.12. The fourth-order valence-corrected chi connectivity index (χ4v) is 2.82. The van der Waals surface area contributed by atoms with Crippen molar-refractivity contribution in [2.75, 3.05) is 6.54 Å². The molecule has 6 amide bonds. The lowest BCUT2D eigenvalue weighted by molar-refractivity contribution is -0.134. The molecule has 1 aliphatic heterocycles. The summed E-state index contributed by atoms with van der Waals surface area (Å²) in [5.74, 6) is -1.39. The molecule has 25 heavy (non-hydrogen) atoms. The zero-order chi connectivity index (χ0) is 18.8. The van der Waals surface area contributed by atoms with Crippen LogP contribution in [0.1, 0.15) is 26.3 Å². The van der Waals surface area contributed by atoms with Crippen LogP contribution < -0.4 is 16.0 Å². The van der Waals surface area contributed by atoms with Crippen molar-refractivity contribution in [1.82, 2.24) is 20.9 Å². The lowest BCUT2D eigenvalue weighted by Gasteiger charge is -2.23. The van der Waals surface area contributed by atoms with Gasteiger partial charge in [-0.3, -0.25) is 19.8 Å². The summed E-state index contributed by atoms with van der Waals surface area (Å²) in [5, 5.41) is 7.42. The molecule has 1 fully saturated rings. The van der Waals surface area contributed by atoms with E-state index in [4.69, 9.17) is 11.6 Å². The van der Waals surface area contributed by atoms with Crippen molar-refractivity contribution in [2.24, 2.45) is 0 Å². The van der Waals surface area contributed by atoms with Gasteiger partial charge in [-0.1, -0.05) is 29.8 Å². The summed E-state index contributed by atoms with van der Waals surface area (Å²) in [6, 6.07) is 5.04. The predicted octanol–water partition coefficient (Wildman–Crippen LogP) is 1.34. The maximum atomic E-state index is 12.7. The highest BCUT2D eigenvalue weighted by Gasteiger charge is 2.50. The summed E-state index contributed by atoms with van der Waals surface area (Å²) in [6.07, 6.45) is 0. The van der Waals surface area contributed by atoms with E-state index in [2.05, 4.69) is 16.0 Å². The largest absolute Gasteiger partial charge is 0.336 e. The molecule has 0 saturated carbocycles. The molecule has 0 radical (unpaired) electrons. The van der Waals surface area contributed by atoms with Crippen LogP contribution >= 0.6 is 11.6 Å². The Kier molecular flexibility index (Phi) is 5.32. The van der Waals surface area contributed by atoms with Crippen LogP contribution in [0.2, 0.25) is 5.02 Å². The van der Waals surface area contributed by atoms with E-state index < -0.39 is 36.0 Å². The van der Waals surface area contributed by atoms with Gasteiger partial charge in [-0.05, 0) is 26.8 Å². The Balaban J connectivity index is 2.13. The highest BCUT2D eigenvalue weighted by molar-refractivity contribution is 6.32. The number of amides is 6. The second kappa shape index (κ2) is 7.10. The molecule has 0 aliphatic carbocycles. The Morgan fingerprint density at radius 2 is 1.92 bits per heavy atom. The molecule has 2 rings (SSSR count). The second-order valence-electron chi connectivity index (χ2n) is 6.10. The molecule has 0 unspecified atom stereocenters. The van der Waals surface area contributed by atoms with Crippen LogP contribution in [0.4, 0.5) is 9.59 Å². The Morgan fingerprint density at radius 1 is 1.28 bits per heavy atom. The van der Waals surface area contributed by atoms with Crippen molar-refractivity contribution in [3.63, 3.8) is 0 Å². The number of carbonyl (C=O) groups is 4. The van der Waals surface area contributed by atoms with Crippen LogP contribution in [0.5, 0.6) is 0 Å². The Bertz CT molecular complexity index is 737. The molecule has 0 bridgehead atoms. The summed E-state index contributed by atoms with van der Waals surface area (Å²) in [4.78, 5) is 49.1. The van der Waals surface area contributed by atoms with E-state index in [1.54, 1.807) is 38.1 Å². The van der Waals surface area contributed by atoms with Gasteiger partial charge in [0.1, 0.15) is 12.1 Å². The molecule has 8 nitrogen and oxygen atoms in total. The number of hydrogen-bond donors (Lipinski definition) is 3. The summed E-state index contributed by atoms with van der Waals surface area (Å²) in [6.45, 7) is 4.40. The van der Waals surface area contributed by atoms with Crippen LogP contribution in [0.15, 0.2) is 24.3 Å². The van der Waals surface area contributed by atoms with Gasteiger partial charge in [0.15, 0.2) is 0 Å². The highest BCUT2D eigenvalue weighted by atomic mass is 35.5. The van der Waals surface area contributed by atoms with Gasteiger partial charge in [0.05, 0.1) is 0 Å². The number of carbonyl (C=O) groups excluding carboxylic acids is 4. The number of halogens is 1. The number of imide groups is 2. The Labute approximate surface area is 149 Å². The molecule has 1 atom stereocenters. The second-order valence-corrected chi connectivity index (χ2v) is 6.51. The van der Waals surface area contributed by atoms with Crippen LogP contribution in [0.3, 0.4) is 0 Å². The van der Waals surface area contributed by atoms with Gasteiger partial charge >= 0.3 is 12.1 Å². The van der Waals surface area contributed by atoms with E-state index in [1.807, 2.05) is 0 Å². The quantitative estimate of drug-likeness (QED) is 0.699. The molecule has 3 N–H and O–H groups in total. The zero-order valence-corrected chi connectivity index (χ0v) is 14.8. The molecule has 1 aromatic rings. The fourth-order valence-electron chi connectivity index (χ4n) is 2.50. The lowest BCUT2D eigenvalue weighted by atomic mass is 9.92. The third-order valence-corrected chi connectivity index (χ3v) is 3.99. The van der Waals surface area contributed by atoms with E-state index in [0.717, 1.165) is 4.90 Å². The molecule has 1 saturated heterocycles. The fraction of sp³-hybridized carbons (Fsp3) is 0.375. The molecule has 1 heterocycles. The first kappa shape index (κ1) is 18.7. The average molecular weight is 367 g/mol. The van der Waals surface area contributed by atoms with Crippen molar-refractivity contribution >= 4 is 35.5 Å². The molecular weight excluding hydrogens is 348 g/mol. The molecule has 0 aromatic heterocycles. The Hall–Kier alpha value is -2.61. The number of benzene rings is 1. The van der Waals surface area contributed by atoms with Crippen molar-refractivity contribution < 1.29 is 19.2 Å². The molecular formula is C16H19ClN4O4. The van der Waals surface area contributed by atoms with E-state index in [-0.39, 0.29) is 6.04 Å². The lowest BCUT2D eigenvalue weighted by Crippen LogP contribution is -2.48. The topological polar surface area (TPSA) is 108 Å². The average Bonchev–Trinajstić information content (AvgIpc) is 2.71. The van der Waals surface area contributed by atoms with Gasteiger partial charge in [0.25, 0.3) is 5.91 Å². The molecule has 9 heteroatoms. The van der Waals surface area contributed by atoms with Crippen LogP contribution in [-0.4, -0.2) is 41.4 Å². The molecule has 0 spiro atoms. The third-order valence-electron chi connectivity index (χ3n) is 3.66. The number of nitrogens with one attached hydrogen (secondary N) is 3. The van der Waals surface area contributed by atoms with Crippen LogP contribution in [0, 0.1) is 0 Å². The SMILES string of the molecule is CC(C)NC(=O)NC(=O)CN1C(=O)N[C@@](C)(c2ccccc2Cl)C1=O. The third kappa shape index (κ3) is 3.90. The minimum absolute atomic E-state index is 0.159. The van der Waals surface area contributed by atoms with Crippen molar-refractivity contribution in [3.8, 4) is 0 Å². The van der Waals surface area contributed by atoms with Gasteiger partial charge in [0, 0.05) is 16.6 Å². The van der Waals surface area contributed by atoms with Gasteiger partial charge in [-0.2, -0.15) is 0 Å². The van der Waals surface area contributed by atoms with E-state index in [9.17, 15) is 19.2 Å². The number of urea groups is 2. The van der Waals surface area contributed by atoms with Gasteiger partial charge < -0.3 is 10.6 Å². The van der Waals surface area contributed by atoms with Crippen molar-refractivity contribution in [1.29, 1.82) is 0 Å². The van der Waals surface area contributed by atoms with Gasteiger partial charge in [-0.25, -0.2) is 9.59 Å². The van der Waals surface area contributed by atoms with E-state index in [1.165, 1.54) is 6.92 Å².